The van der Waals surface area contributed by atoms with Gasteiger partial charge in [0.2, 0.25) is 0 Å². The van der Waals surface area contributed by atoms with Crippen molar-refractivity contribution in [3.05, 3.63) is 65.5 Å². The van der Waals surface area contributed by atoms with Crippen LogP contribution in [0, 0.1) is 24.1 Å². The number of aryl methyl sites for hydroxylation is 1. The van der Waals surface area contributed by atoms with Gasteiger partial charge in [0, 0.05) is 5.69 Å². The van der Waals surface area contributed by atoms with Gasteiger partial charge in [0.05, 0.1) is 18.5 Å². The van der Waals surface area contributed by atoms with Gasteiger partial charge in [-0.25, -0.2) is 4.39 Å². The van der Waals surface area contributed by atoms with Crippen molar-refractivity contribution in [2.75, 3.05) is 5.32 Å². The van der Waals surface area contributed by atoms with E-state index in [0.29, 0.717) is 6.42 Å². The summed E-state index contributed by atoms with van der Waals surface area (Å²) >= 11 is 0. The fourth-order valence-electron chi connectivity index (χ4n) is 1.97. The maximum absolute atomic E-state index is 13.3. The standard InChI is InChI=1S/C16H15FN2/c1-12-7-8-14(17)11-16(12)19-15(9-10-18)13-5-3-2-4-6-13/h2-8,11,15,19H,9H2,1H3. The molecule has 2 rings (SSSR count). The van der Waals surface area contributed by atoms with Crippen LogP contribution in [-0.2, 0) is 0 Å². The van der Waals surface area contributed by atoms with Crippen molar-refractivity contribution in [2.45, 2.75) is 19.4 Å². The molecule has 0 saturated heterocycles. The average molecular weight is 254 g/mol. The molecule has 1 unspecified atom stereocenters. The zero-order chi connectivity index (χ0) is 13.7. The Morgan fingerprint density at radius 3 is 2.63 bits per heavy atom. The Balaban J connectivity index is 2.27. The molecule has 0 spiro atoms. The molecule has 0 heterocycles. The quantitative estimate of drug-likeness (QED) is 0.887. The largest absolute Gasteiger partial charge is 0.377 e. The van der Waals surface area contributed by atoms with Gasteiger partial charge in [-0.1, -0.05) is 36.4 Å². The summed E-state index contributed by atoms with van der Waals surface area (Å²) in [7, 11) is 0. The van der Waals surface area contributed by atoms with E-state index < -0.39 is 0 Å². The third kappa shape index (κ3) is 3.32. The number of nitriles is 1. The van der Waals surface area contributed by atoms with Gasteiger partial charge in [-0.05, 0) is 30.2 Å². The number of benzene rings is 2. The minimum Gasteiger partial charge on any atom is -0.377 e. The molecule has 0 saturated carbocycles. The van der Waals surface area contributed by atoms with Crippen LogP contribution >= 0.6 is 0 Å². The van der Waals surface area contributed by atoms with Crippen molar-refractivity contribution in [2.24, 2.45) is 0 Å². The molecule has 0 radical (unpaired) electrons. The van der Waals surface area contributed by atoms with Crippen molar-refractivity contribution < 1.29 is 4.39 Å². The van der Waals surface area contributed by atoms with Crippen LogP contribution in [0.4, 0.5) is 10.1 Å². The predicted molar refractivity (Wildman–Crippen MR) is 74.2 cm³/mol. The van der Waals surface area contributed by atoms with Crippen LogP contribution in [0.3, 0.4) is 0 Å². The number of halogens is 1. The molecule has 1 N–H and O–H groups in total. The fourth-order valence-corrected chi connectivity index (χ4v) is 1.97. The SMILES string of the molecule is Cc1ccc(F)cc1NC(CC#N)c1ccccc1. The molecule has 3 heteroatoms. The first kappa shape index (κ1) is 13.1. The summed E-state index contributed by atoms with van der Waals surface area (Å²) in [6.07, 6.45) is 0.333. The smallest absolute Gasteiger partial charge is 0.125 e. The number of rotatable bonds is 4. The number of hydrogen-bond acceptors (Lipinski definition) is 2. The monoisotopic (exact) mass is 254 g/mol. The second kappa shape index (κ2) is 6.01. The molecule has 96 valence electrons. The molecule has 2 aromatic rings. The van der Waals surface area contributed by atoms with Crippen molar-refractivity contribution >= 4 is 5.69 Å². The Kier molecular flexibility index (Phi) is 4.15. The lowest BCUT2D eigenvalue weighted by Gasteiger charge is -2.19. The molecule has 0 aliphatic carbocycles. The normalized spacial score (nSPS) is 11.6. The lowest BCUT2D eigenvalue weighted by molar-refractivity contribution is 0.627. The Morgan fingerprint density at radius 2 is 1.95 bits per heavy atom. The maximum atomic E-state index is 13.3. The number of nitrogens with one attached hydrogen (secondary N) is 1. The van der Waals surface area contributed by atoms with E-state index >= 15 is 0 Å². The Hall–Kier alpha value is -2.34. The summed E-state index contributed by atoms with van der Waals surface area (Å²) in [5.74, 6) is -0.281. The van der Waals surface area contributed by atoms with Crippen LogP contribution in [0.2, 0.25) is 0 Å². The molecule has 0 aromatic heterocycles. The maximum Gasteiger partial charge on any atom is 0.125 e. The van der Waals surface area contributed by atoms with Crippen LogP contribution in [0.25, 0.3) is 0 Å². The van der Waals surface area contributed by atoms with E-state index in [-0.39, 0.29) is 11.9 Å². The highest BCUT2D eigenvalue weighted by Crippen LogP contribution is 2.25. The average Bonchev–Trinajstić information content (AvgIpc) is 2.43. The second-order valence-electron chi connectivity index (χ2n) is 4.43. The zero-order valence-corrected chi connectivity index (χ0v) is 10.7. The van der Waals surface area contributed by atoms with Crippen molar-refractivity contribution in [1.29, 1.82) is 5.26 Å². The first-order chi connectivity index (χ1) is 9.20. The lowest BCUT2D eigenvalue weighted by Crippen LogP contribution is -2.11. The minimum absolute atomic E-state index is 0.133. The molecule has 0 fully saturated rings. The van der Waals surface area contributed by atoms with Crippen molar-refractivity contribution in [3.8, 4) is 6.07 Å². The number of hydrogen-bond donors (Lipinski definition) is 1. The third-order valence-electron chi connectivity index (χ3n) is 3.03. The molecule has 19 heavy (non-hydrogen) atoms. The molecule has 2 nitrogen and oxygen atoms in total. The third-order valence-corrected chi connectivity index (χ3v) is 3.03. The van der Waals surface area contributed by atoms with Gasteiger partial charge in [-0.15, -0.1) is 0 Å². The Morgan fingerprint density at radius 1 is 1.21 bits per heavy atom. The van der Waals surface area contributed by atoms with Crippen molar-refractivity contribution in [3.63, 3.8) is 0 Å². The molecule has 1 atom stereocenters. The van der Waals surface area contributed by atoms with Gasteiger partial charge in [0.15, 0.2) is 0 Å². The van der Waals surface area contributed by atoms with E-state index in [1.165, 1.54) is 12.1 Å². The van der Waals surface area contributed by atoms with Gasteiger partial charge in [0.1, 0.15) is 5.82 Å². The Labute approximate surface area is 112 Å². The molecular formula is C16H15FN2. The zero-order valence-electron chi connectivity index (χ0n) is 10.7. The van der Waals surface area contributed by atoms with Crippen LogP contribution < -0.4 is 5.32 Å². The molecular weight excluding hydrogens is 239 g/mol. The van der Waals surface area contributed by atoms with Gasteiger partial charge in [-0.2, -0.15) is 5.26 Å². The molecule has 2 aromatic carbocycles. The summed E-state index contributed by atoms with van der Waals surface area (Å²) in [5, 5.41) is 12.2. The lowest BCUT2D eigenvalue weighted by atomic mass is 10.0. The van der Waals surface area contributed by atoms with Gasteiger partial charge < -0.3 is 5.32 Å². The van der Waals surface area contributed by atoms with Crippen LogP contribution in [-0.4, -0.2) is 0 Å². The summed E-state index contributed by atoms with van der Waals surface area (Å²) in [5.41, 5.74) is 2.71. The van der Waals surface area contributed by atoms with Crippen LogP contribution in [0.1, 0.15) is 23.6 Å². The van der Waals surface area contributed by atoms with E-state index in [0.717, 1.165) is 16.8 Å². The van der Waals surface area contributed by atoms with Crippen LogP contribution in [0.5, 0.6) is 0 Å². The minimum atomic E-state index is -0.281. The molecule has 0 aliphatic rings. The van der Waals surface area contributed by atoms with Crippen molar-refractivity contribution in [1.82, 2.24) is 0 Å². The molecule has 0 aliphatic heterocycles. The van der Waals surface area contributed by atoms with E-state index in [1.807, 2.05) is 37.3 Å². The summed E-state index contributed by atoms with van der Waals surface area (Å²) in [6, 6.07) is 16.4. The van der Waals surface area contributed by atoms with Gasteiger partial charge in [0.25, 0.3) is 0 Å². The first-order valence-corrected chi connectivity index (χ1v) is 6.15. The topological polar surface area (TPSA) is 35.8 Å². The first-order valence-electron chi connectivity index (χ1n) is 6.15. The molecule has 0 amide bonds. The summed E-state index contributed by atoms with van der Waals surface area (Å²) in [6.45, 7) is 1.91. The number of anilines is 1. The predicted octanol–water partition coefficient (Wildman–Crippen LogP) is 4.20. The van der Waals surface area contributed by atoms with E-state index in [9.17, 15) is 4.39 Å². The summed E-state index contributed by atoms with van der Waals surface area (Å²) < 4.78 is 13.3. The Bertz CT molecular complexity index is 587. The van der Waals surface area contributed by atoms with E-state index in [1.54, 1.807) is 6.07 Å². The highest BCUT2D eigenvalue weighted by molar-refractivity contribution is 5.52. The van der Waals surface area contributed by atoms with Crippen LogP contribution in [0.15, 0.2) is 48.5 Å². The van der Waals surface area contributed by atoms with E-state index in [2.05, 4.69) is 11.4 Å². The van der Waals surface area contributed by atoms with Gasteiger partial charge in [-0.3, -0.25) is 0 Å². The van der Waals surface area contributed by atoms with Gasteiger partial charge >= 0.3 is 0 Å². The second-order valence-corrected chi connectivity index (χ2v) is 4.43. The summed E-state index contributed by atoms with van der Waals surface area (Å²) in [4.78, 5) is 0. The fraction of sp³-hybridized carbons (Fsp3) is 0.188. The number of nitrogens with zero attached hydrogens (tertiary/aromatic N) is 1. The molecule has 0 bridgehead atoms. The highest BCUT2D eigenvalue weighted by Gasteiger charge is 2.12. The van der Waals surface area contributed by atoms with E-state index in [4.69, 9.17) is 5.26 Å². The highest BCUT2D eigenvalue weighted by atomic mass is 19.1.